The largest absolute Gasteiger partial charge is 0.369 e. The third kappa shape index (κ3) is 2.04. The third-order valence-electron chi connectivity index (χ3n) is 6.15. The first-order chi connectivity index (χ1) is 10.4. The minimum absolute atomic E-state index is 0.0454. The predicted molar refractivity (Wildman–Crippen MR) is 86.4 cm³/mol. The summed E-state index contributed by atoms with van der Waals surface area (Å²) in [6.45, 7) is 4.30. The number of carbonyl (C=O) groups is 2. The monoisotopic (exact) mass is 300 g/mol. The van der Waals surface area contributed by atoms with E-state index in [0.29, 0.717) is 6.41 Å². The number of aryl methyl sites for hydroxylation is 1. The maximum absolute atomic E-state index is 12.1. The average molecular weight is 300 g/mol. The highest BCUT2D eigenvalue weighted by molar-refractivity contribution is 5.81. The minimum Gasteiger partial charge on any atom is -0.369 e. The van der Waals surface area contributed by atoms with E-state index in [2.05, 4.69) is 24.4 Å². The Morgan fingerprint density at radius 2 is 2.14 bits per heavy atom. The number of nitrogens with two attached hydrogens (primary N) is 1. The van der Waals surface area contributed by atoms with Gasteiger partial charge < -0.3 is 11.1 Å². The van der Waals surface area contributed by atoms with E-state index in [4.69, 9.17) is 5.73 Å². The molecule has 0 aromatic heterocycles. The van der Waals surface area contributed by atoms with Gasteiger partial charge in [0.05, 0.1) is 0 Å². The SMILES string of the molecule is CC1(C(N)=O)CCCC2(C)c3cc(NC=O)ccc3CCC12. The van der Waals surface area contributed by atoms with Crippen LogP contribution in [0.5, 0.6) is 0 Å². The van der Waals surface area contributed by atoms with Gasteiger partial charge in [0.1, 0.15) is 0 Å². The number of hydrogen-bond donors (Lipinski definition) is 2. The van der Waals surface area contributed by atoms with Crippen molar-refractivity contribution in [3.8, 4) is 0 Å². The first-order valence-corrected chi connectivity index (χ1v) is 8.05. The van der Waals surface area contributed by atoms with Gasteiger partial charge in [-0.2, -0.15) is 0 Å². The second kappa shape index (κ2) is 5.11. The van der Waals surface area contributed by atoms with Crippen molar-refractivity contribution in [2.75, 3.05) is 5.32 Å². The molecule has 0 radical (unpaired) electrons. The maximum Gasteiger partial charge on any atom is 0.223 e. The Morgan fingerprint density at radius 3 is 2.82 bits per heavy atom. The van der Waals surface area contributed by atoms with E-state index >= 15 is 0 Å². The zero-order valence-corrected chi connectivity index (χ0v) is 13.3. The lowest BCUT2D eigenvalue weighted by atomic mass is 9.49. The van der Waals surface area contributed by atoms with Crippen molar-refractivity contribution >= 4 is 18.0 Å². The fraction of sp³-hybridized carbons (Fsp3) is 0.556. The van der Waals surface area contributed by atoms with Crippen molar-refractivity contribution in [2.24, 2.45) is 17.1 Å². The molecule has 0 bridgehead atoms. The van der Waals surface area contributed by atoms with Crippen LogP contribution in [-0.2, 0) is 21.4 Å². The molecule has 0 saturated heterocycles. The number of fused-ring (bicyclic) bond motifs is 3. The molecule has 2 amide bonds. The quantitative estimate of drug-likeness (QED) is 0.842. The Morgan fingerprint density at radius 1 is 1.36 bits per heavy atom. The molecule has 0 spiro atoms. The summed E-state index contributed by atoms with van der Waals surface area (Å²) >= 11 is 0. The average Bonchev–Trinajstić information content (AvgIpc) is 2.47. The molecule has 3 atom stereocenters. The normalized spacial score (nSPS) is 33.5. The molecular formula is C18H24N2O2. The Labute approximate surface area is 131 Å². The van der Waals surface area contributed by atoms with Crippen molar-refractivity contribution in [1.82, 2.24) is 0 Å². The summed E-state index contributed by atoms with van der Waals surface area (Å²) in [7, 11) is 0. The van der Waals surface area contributed by atoms with Crippen LogP contribution in [0.4, 0.5) is 5.69 Å². The van der Waals surface area contributed by atoms with Crippen LogP contribution in [-0.4, -0.2) is 12.3 Å². The second-order valence-electron chi connectivity index (χ2n) is 7.28. The zero-order valence-electron chi connectivity index (χ0n) is 13.3. The van der Waals surface area contributed by atoms with Crippen molar-refractivity contribution in [1.29, 1.82) is 0 Å². The summed E-state index contributed by atoms with van der Waals surface area (Å²) in [5.41, 5.74) is 8.73. The number of amides is 2. The fourth-order valence-electron chi connectivity index (χ4n) is 4.91. The molecule has 2 aliphatic carbocycles. The van der Waals surface area contributed by atoms with Crippen molar-refractivity contribution in [2.45, 2.75) is 51.4 Å². The standard InChI is InChI=1S/C18H24N2O2/c1-17-8-3-9-18(2,16(19)22)15(17)7-5-12-4-6-13(20-11-21)10-14(12)17/h4,6,10-11,15H,3,5,7-9H2,1-2H3,(H2,19,22)(H,20,21). The van der Waals surface area contributed by atoms with Gasteiger partial charge in [-0.1, -0.05) is 26.3 Å². The minimum atomic E-state index is -0.432. The maximum atomic E-state index is 12.1. The summed E-state index contributed by atoms with van der Waals surface area (Å²) in [5.74, 6) is 0.0966. The van der Waals surface area contributed by atoms with Crippen LogP contribution in [0.2, 0.25) is 0 Å². The van der Waals surface area contributed by atoms with E-state index in [1.165, 1.54) is 11.1 Å². The summed E-state index contributed by atoms with van der Waals surface area (Å²) in [4.78, 5) is 22.8. The van der Waals surface area contributed by atoms with Gasteiger partial charge in [-0.05, 0) is 60.3 Å². The molecule has 22 heavy (non-hydrogen) atoms. The first-order valence-electron chi connectivity index (χ1n) is 8.05. The van der Waals surface area contributed by atoms with E-state index in [9.17, 15) is 9.59 Å². The number of benzene rings is 1. The van der Waals surface area contributed by atoms with Crippen LogP contribution in [0.1, 0.15) is 50.7 Å². The number of anilines is 1. The lowest BCUT2D eigenvalue weighted by Gasteiger charge is -2.54. The summed E-state index contributed by atoms with van der Waals surface area (Å²) < 4.78 is 0. The lowest BCUT2D eigenvalue weighted by molar-refractivity contribution is -0.135. The zero-order chi connectivity index (χ0) is 16.0. The molecule has 4 heteroatoms. The van der Waals surface area contributed by atoms with Crippen molar-refractivity contribution in [3.63, 3.8) is 0 Å². The van der Waals surface area contributed by atoms with Gasteiger partial charge in [0.25, 0.3) is 0 Å². The molecule has 1 fully saturated rings. The molecule has 2 aliphatic rings. The Bertz CT molecular complexity index is 628. The molecule has 0 aliphatic heterocycles. The van der Waals surface area contributed by atoms with Gasteiger partial charge in [-0.15, -0.1) is 0 Å². The highest BCUT2D eigenvalue weighted by Crippen LogP contribution is 2.57. The lowest BCUT2D eigenvalue weighted by Crippen LogP contribution is -2.54. The molecule has 3 rings (SSSR count). The van der Waals surface area contributed by atoms with Crippen LogP contribution in [0.3, 0.4) is 0 Å². The Hall–Kier alpha value is -1.84. The molecule has 4 nitrogen and oxygen atoms in total. The summed E-state index contributed by atoms with van der Waals surface area (Å²) in [6.07, 6.45) is 5.64. The smallest absolute Gasteiger partial charge is 0.223 e. The topological polar surface area (TPSA) is 72.2 Å². The van der Waals surface area contributed by atoms with Crippen molar-refractivity contribution in [3.05, 3.63) is 29.3 Å². The predicted octanol–water partition coefficient (Wildman–Crippen LogP) is 2.75. The van der Waals surface area contributed by atoms with Gasteiger partial charge in [0, 0.05) is 11.1 Å². The molecule has 3 N–H and O–H groups in total. The van der Waals surface area contributed by atoms with E-state index in [1.807, 2.05) is 13.0 Å². The molecule has 3 unspecified atom stereocenters. The third-order valence-corrected chi connectivity index (χ3v) is 6.15. The van der Waals surface area contributed by atoms with Crippen LogP contribution < -0.4 is 11.1 Å². The van der Waals surface area contributed by atoms with Crippen molar-refractivity contribution < 1.29 is 9.59 Å². The highest BCUT2D eigenvalue weighted by Gasteiger charge is 2.54. The Balaban J connectivity index is 2.09. The number of primary amides is 1. The number of nitrogens with one attached hydrogen (secondary N) is 1. The van der Waals surface area contributed by atoms with E-state index < -0.39 is 5.41 Å². The van der Waals surface area contributed by atoms with Gasteiger partial charge in [-0.3, -0.25) is 9.59 Å². The summed E-state index contributed by atoms with van der Waals surface area (Å²) in [5, 5.41) is 2.74. The van der Waals surface area contributed by atoms with Crippen LogP contribution in [0, 0.1) is 11.3 Å². The van der Waals surface area contributed by atoms with Gasteiger partial charge in [-0.25, -0.2) is 0 Å². The number of hydrogen-bond acceptors (Lipinski definition) is 2. The first kappa shape index (κ1) is 15.1. The fourth-order valence-corrected chi connectivity index (χ4v) is 4.91. The molecule has 0 heterocycles. The number of carbonyl (C=O) groups excluding carboxylic acids is 2. The van der Waals surface area contributed by atoms with E-state index in [-0.39, 0.29) is 17.2 Å². The highest BCUT2D eigenvalue weighted by atomic mass is 16.1. The van der Waals surface area contributed by atoms with Crippen LogP contribution in [0.25, 0.3) is 0 Å². The second-order valence-corrected chi connectivity index (χ2v) is 7.28. The van der Waals surface area contributed by atoms with Crippen LogP contribution in [0.15, 0.2) is 18.2 Å². The molecule has 118 valence electrons. The molecular weight excluding hydrogens is 276 g/mol. The molecule has 1 aromatic carbocycles. The van der Waals surface area contributed by atoms with Gasteiger partial charge >= 0.3 is 0 Å². The number of rotatable bonds is 3. The van der Waals surface area contributed by atoms with Gasteiger partial charge in [0.15, 0.2) is 0 Å². The van der Waals surface area contributed by atoms with E-state index in [0.717, 1.165) is 37.8 Å². The van der Waals surface area contributed by atoms with Crippen LogP contribution >= 0.6 is 0 Å². The molecule has 1 saturated carbocycles. The Kier molecular flexibility index (Phi) is 3.50. The van der Waals surface area contributed by atoms with E-state index in [1.54, 1.807) is 0 Å². The summed E-state index contributed by atoms with van der Waals surface area (Å²) in [6, 6.07) is 6.15. The van der Waals surface area contributed by atoms with Gasteiger partial charge in [0.2, 0.25) is 12.3 Å². The molecule has 1 aromatic rings.